The van der Waals surface area contributed by atoms with E-state index in [0.29, 0.717) is 34.0 Å². The molecule has 4 aromatic carbocycles. The summed E-state index contributed by atoms with van der Waals surface area (Å²) in [7, 11) is 3.09. The molecule has 0 aliphatic carbocycles. The molecule has 42 heavy (non-hydrogen) atoms. The first kappa shape index (κ1) is 30.0. The minimum Gasteiger partial charge on any atom is -0.496 e. The van der Waals surface area contributed by atoms with Gasteiger partial charge in [-0.2, -0.15) is 0 Å². The van der Waals surface area contributed by atoms with Gasteiger partial charge in [0.2, 0.25) is 5.91 Å². The number of anilines is 2. The first-order valence-electron chi connectivity index (χ1n) is 13.1. The van der Waals surface area contributed by atoms with Crippen LogP contribution in [0.5, 0.6) is 11.5 Å². The summed E-state index contributed by atoms with van der Waals surface area (Å²) in [4.78, 5) is 40.1. The number of hydrogen-bond donors (Lipinski definition) is 3. The first-order valence-corrected chi connectivity index (χ1v) is 14.0. The van der Waals surface area contributed by atoms with Crippen LogP contribution < -0.4 is 25.4 Å². The van der Waals surface area contributed by atoms with E-state index in [0.717, 1.165) is 4.90 Å². The molecule has 4 rings (SSSR count). The second-order valence-electron chi connectivity index (χ2n) is 9.05. The number of para-hydroxylation sites is 3. The van der Waals surface area contributed by atoms with Crippen LogP contribution in [0.15, 0.2) is 114 Å². The molecule has 3 amide bonds. The second kappa shape index (κ2) is 14.6. The van der Waals surface area contributed by atoms with Crippen LogP contribution in [0.2, 0.25) is 0 Å². The summed E-state index contributed by atoms with van der Waals surface area (Å²) in [6.07, 6.45) is 1.57. The number of carbonyl (C=O) groups excluding carboxylic acids is 3. The number of benzene rings is 4. The molecule has 0 saturated carbocycles. The standard InChI is InChI=1S/C33H31N3O5S/c1-22(31(37)35-27-17-8-10-19-30(27)41-3)42-26-16-11-15-25(21-26)34-33(39)28(20-24-14-7-9-18-29(24)40-2)36-32(38)23-12-5-4-6-13-23/h4-22H,1-3H3,(H,34,39)(H,35,37)(H,36,38)/b28-20+. The Hall–Kier alpha value is -5.02. The Bertz CT molecular complexity index is 1590. The normalized spacial score (nSPS) is 11.6. The lowest BCUT2D eigenvalue weighted by Crippen LogP contribution is -2.30. The maximum atomic E-state index is 13.5. The molecular weight excluding hydrogens is 550 g/mol. The minimum absolute atomic E-state index is 0.0379. The van der Waals surface area contributed by atoms with E-state index in [1.807, 2.05) is 36.4 Å². The van der Waals surface area contributed by atoms with Gasteiger partial charge in [0.15, 0.2) is 0 Å². The van der Waals surface area contributed by atoms with Crippen LogP contribution in [-0.4, -0.2) is 37.2 Å². The number of thioether (sulfide) groups is 1. The lowest BCUT2D eigenvalue weighted by Gasteiger charge is -2.15. The summed E-state index contributed by atoms with van der Waals surface area (Å²) in [5.41, 5.74) is 2.16. The fourth-order valence-electron chi connectivity index (χ4n) is 3.97. The summed E-state index contributed by atoms with van der Waals surface area (Å²) in [6, 6.07) is 30.2. The van der Waals surface area contributed by atoms with Crippen LogP contribution in [0.25, 0.3) is 6.08 Å². The number of amides is 3. The molecule has 214 valence electrons. The van der Waals surface area contributed by atoms with Gasteiger partial charge in [0.05, 0.1) is 25.2 Å². The van der Waals surface area contributed by atoms with E-state index < -0.39 is 17.1 Å². The summed E-state index contributed by atoms with van der Waals surface area (Å²) in [5, 5.41) is 8.05. The molecule has 0 spiro atoms. The van der Waals surface area contributed by atoms with Gasteiger partial charge in [-0.15, -0.1) is 11.8 Å². The third-order valence-electron chi connectivity index (χ3n) is 6.11. The zero-order chi connectivity index (χ0) is 29.9. The van der Waals surface area contributed by atoms with Crippen molar-refractivity contribution in [3.63, 3.8) is 0 Å². The number of rotatable bonds is 11. The Kier molecular flexibility index (Phi) is 10.4. The van der Waals surface area contributed by atoms with Crippen molar-refractivity contribution in [1.82, 2.24) is 5.32 Å². The maximum absolute atomic E-state index is 13.5. The van der Waals surface area contributed by atoms with E-state index in [1.54, 1.807) is 86.8 Å². The molecule has 1 atom stereocenters. The van der Waals surface area contributed by atoms with Crippen LogP contribution >= 0.6 is 11.8 Å². The highest BCUT2D eigenvalue weighted by Gasteiger charge is 2.18. The molecule has 0 aliphatic rings. The zero-order valence-electron chi connectivity index (χ0n) is 23.4. The Labute approximate surface area is 249 Å². The van der Waals surface area contributed by atoms with Crippen LogP contribution in [0, 0.1) is 0 Å². The van der Waals surface area contributed by atoms with Crippen LogP contribution in [0.3, 0.4) is 0 Å². The molecule has 0 aromatic heterocycles. The van der Waals surface area contributed by atoms with Crippen molar-refractivity contribution in [2.75, 3.05) is 24.9 Å². The molecule has 0 aliphatic heterocycles. The van der Waals surface area contributed by atoms with Crippen LogP contribution in [-0.2, 0) is 9.59 Å². The van der Waals surface area contributed by atoms with Crippen molar-refractivity contribution >= 4 is 46.9 Å². The van der Waals surface area contributed by atoms with Crippen molar-refractivity contribution in [2.24, 2.45) is 0 Å². The van der Waals surface area contributed by atoms with Gasteiger partial charge in [0.25, 0.3) is 11.8 Å². The maximum Gasteiger partial charge on any atom is 0.272 e. The van der Waals surface area contributed by atoms with Crippen LogP contribution in [0.1, 0.15) is 22.8 Å². The Morgan fingerprint density at radius 1 is 0.762 bits per heavy atom. The molecule has 0 bridgehead atoms. The van der Waals surface area contributed by atoms with Crippen molar-refractivity contribution < 1.29 is 23.9 Å². The number of ether oxygens (including phenoxy) is 2. The molecule has 1 unspecified atom stereocenters. The lowest BCUT2D eigenvalue weighted by atomic mass is 10.1. The fourth-order valence-corrected chi connectivity index (χ4v) is 4.90. The largest absolute Gasteiger partial charge is 0.496 e. The van der Waals surface area contributed by atoms with Crippen molar-refractivity contribution in [3.05, 3.63) is 120 Å². The van der Waals surface area contributed by atoms with Gasteiger partial charge in [-0.05, 0) is 61.5 Å². The van der Waals surface area contributed by atoms with Gasteiger partial charge in [-0.25, -0.2) is 0 Å². The Morgan fingerprint density at radius 2 is 1.43 bits per heavy atom. The molecule has 0 radical (unpaired) electrons. The highest BCUT2D eigenvalue weighted by Crippen LogP contribution is 2.29. The number of carbonyl (C=O) groups is 3. The van der Waals surface area contributed by atoms with Gasteiger partial charge in [0, 0.05) is 21.7 Å². The average molecular weight is 582 g/mol. The Morgan fingerprint density at radius 3 is 2.17 bits per heavy atom. The molecule has 0 fully saturated rings. The molecule has 3 N–H and O–H groups in total. The highest BCUT2D eigenvalue weighted by atomic mass is 32.2. The first-order chi connectivity index (χ1) is 20.4. The van der Waals surface area contributed by atoms with Gasteiger partial charge in [-0.1, -0.05) is 54.6 Å². The number of hydrogen-bond acceptors (Lipinski definition) is 6. The highest BCUT2D eigenvalue weighted by molar-refractivity contribution is 8.00. The molecule has 4 aromatic rings. The molecule has 8 nitrogen and oxygen atoms in total. The predicted octanol–water partition coefficient (Wildman–Crippen LogP) is 6.23. The molecule has 0 heterocycles. The lowest BCUT2D eigenvalue weighted by molar-refractivity contribution is -0.115. The Balaban J connectivity index is 1.50. The fraction of sp³-hybridized carbons (Fsp3) is 0.121. The van der Waals surface area contributed by atoms with E-state index in [1.165, 1.54) is 18.9 Å². The second-order valence-corrected chi connectivity index (χ2v) is 10.5. The van der Waals surface area contributed by atoms with Gasteiger partial charge in [0.1, 0.15) is 17.2 Å². The zero-order valence-corrected chi connectivity index (χ0v) is 24.2. The van der Waals surface area contributed by atoms with Gasteiger partial charge in [-0.3, -0.25) is 14.4 Å². The summed E-state index contributed by atoms with van der Waals surface area (Å²) in [5.74, 6) is -0.00961. The quantitative estimate of drug-likeness (QED) is 0.143. The van der Waals surface area contributed by atoms with Gasteiger partial charge >= 0.3 is 0 Å². The minimum atomic E-state index is -0.519. The van der Waals surface area contributed by atoms with Crippen molar-refractivity contribution in [1.29, 1.82) is 0 Å². The third-order valence-corrected chi connectivity index (χ3v) is 7.20. The third kappa shape index (κ3) is 8.02. The molecule has 9 heteroatoms. The van der Waals surface area contributed by atoms with E-state index in [9.17, 15) is 14.4 Å². The molecular formula is C33H31N3O5S. The van der Waals surface area contributed by atoms with E-state index in [2.05, 4.69) is 16.0 Å². The van der Waals surface area contributed by atoms with E-state index in [-0.39, 0.29) is 11.6 Å². The summed E-state index contributed by atoms with van der Waals surface area (Å²) < 4.78 is 10.7. The number of nitrogens with one attached hydrogen (secondary N) is 3. The SMILES string of the molecule is COc1ccccc1/C=C(/NC(=O)c1ccccc1)C(=O)Nc1cccc(SC(C)C(=O)Nc2ccccc2OC)c1. The van der Waals surface area contributed by atoms with Crippen molar-refractivity contribution in [3.8, 4) is 11.5 Å². The average Bonchev–Trinajstić information content (AvgIpc) is 3.01. The topological polar surface area (TPSA) is 106 Å². The van der Waals surface area contributed by atoms with Crippen LogP contribution in [0.4, 0.5) is 11.4 Å². The van der Waals surface area contributed by atoms with E-state index >= 15 is 0 Å². The smallest absolute Gasteiger partial charge is 0.272 e. The van der Waals surface area contributed by atoms with Gasteiger partial charge < -0.3 is 25.4 Å². The van der Waals surface area contributed by atoms with E-state index in [4.69, 9.17) is 9.47 Å². The summed E-state index contributed by atoms with van der Waals surface area (Å²) >= 11 is 1.34. The van der Waals surface area contributed by atoms with Crippen molar-refractivity contribution in [2.45, 2.75) is 17.1 Å². The monoisotopic (exact) mass is 581 g/mol. The predicted molar refractivity (Wildman–Crippen MR) is 167 cm³/mol. The number of methoxy groups -OCH3 is 2. The summed E-state index contributed by atoms with van der Waals surface area (Å²) in [6.45, 7) is 1.80. The molecule has 0 saturated heterocycles.